The molecule has 7 heteroatoms. The van der Waals surface area contributed by atoms with Gasteiger partial charge in [0.1, 0.15) is 23.0 Å². The molecule has 2 aliphatic heterocycles. The summed E-state index contributed by atoms with van der Waals surface area (Å²) in [6, 6.07) is 85.6. The third-order valence-corrected chi connectivity index (χ3v) is 15.8. The Morgan fingerprint density at radius 3 is 1.36 bits per heavy atom. The van der Waals surface area contributed by atoms with Crippen LogP contribution < -0.4 is 25.9 Å². The Balaban J connectivity index is 0.960. The van der Waals surface area contributed by atoms with Crippen molar-refractivity contribution in [2.45, 2.75) is 0 Å². The van der Waals surface area contributed by atoms with Crippen LogP contribution in [0.2, 0.25) is 0 Å². The van der Waals surface area contributed by atoms with E-state index in [-0.39, 0.29) is 6.71 Å². The third-order valence-electron chi connectivity index (χ3n) is 15.8. The molecular weight excluding hydrogens is 892 g/mol. The molecule has 73 heavy (non-hydrogen) atoms. The molecule has 2 aliphatic rings. The molecule has 4 aromatic heterocycles. The summed E-state index contributed by atoms with van der Waals surface area (Å²) < 4.78 is 24.4. The molecule has 0 amide bonds. The first-order chi connectivity index (χ1) is 36.3. The lowest BCUT2D eigenvalue weighted by Crippen LogP contribution is -2.57. The number of fused-ring (bicyclic) bond motifs is 18. The van der Waals surface area contributed by atoms with Crippen molar-refractivity contribution in [3.05, 3.63) is 237 Å². The van der Waals surface area contributed by atoms with Crippen LogP contribution in [0, 0.1) is 0 Å². The highest BCUT2D eigenvalue weighted by atomic mass is 16.5. The molecule has 0 saturated carbocycles. The second-order valence-electron chi connectivity index (χ2n) is 19.5. The maximum atomic E-state index is 7.63. The van der Waals surface area contributed by atoms with Crippen LogP contribution in [0.5, 0.6) is 23.0 Å². The van der Waals surface area contributed by atoms with Crippen molar-refractivity contribution in [2.24, 2.45) is 0 Å². The molecular formula is C66H39BN4O2. The maximum absolute atomic E-state index is 7.63. The lowest BCUT2D eigenvalue weighted by atomic mass is 9.35. The van der Waals surface area contributed by atoms with Gasteiger partial charge in [-0.1, -0.05) is 152 Å². The minimum atomic E-state index is -0.144. The fraction of sp³-hybridized carbons (Fsp3) is 0. The zero-order valence-electron chi connectivity index (χ0n) is 39.2. The third kappa shape index (κ3) is 5.17. The highest BCUT2D eigenvalue weighted by molar-refractivity contribution is 6.98. The van der Waals surface area contributed by atoms with Crippen LogP contribution in [0.4, 0.5) is 0 Å². The Kier molecular flexibility index (Phi) is 7.73. The van der Waals surface area contributed by atoms with Crippen LogP contribution in [-0.4, -0.2) is 25.0 Å². The van der Waals surface area contributed by atoms with Crippen molar-refractivity contribution in [1.29, 1.82) is 0 Å². The van der Waals surface area contributed by atoms with Gasteiger partial charge in [-0.2, -0.15) is 0 Å². The van der Waals surface area contributed by atoms with Crippen molar-refractivity contribution >= 4 is 110 Å². The van der Waals surface area contributed by atoms with Crippen molar-refractivity contribution in [2.75, 3.05) is 0 Å². The van der Waals surface area contributed by atoms with E-state index in [1.807, 2.05) is 0 Å². The van der Waals surface area contributed by atoms with Crippen LogP contribution in [0.3, 0.4) is 0 Å². The standard InChI is InChI=1S/C66H39BN4O2/c1-3-18-40(19-4-1)68-53-30-14-9-24-47(53)61-55(68)36-34-45-43-22-7-12-28-51(43)70(64(45)61)42-38-59-63-60(39-42)73-66-50(67(63)49-26-11-16-33-58(49)72-59)27-17-32-57(66)71-52-29-13-8-23-44(52)46-35-37-56-62(65(46)71)48-25-10-15-31-54(48)69(56)41-20-5-2-6-21-41/h1-39H. The quantitative estimate of drug-likeness (QED) is 0.165. The van der Waals surface area contributed by atoms with Crippen molar-refractivity contribution in [3.63, 3.8) is 0 Å². The molecule has 6 nitrogen and oxygen atoms in total. The van der Waals surface area contributed by atoms with Gasteiger partial charge in [0.05, 0.1) is 55.5 Å². The second kappa shape index (κ2) is 14.4. The minimum Gasteiger partial charge on any atom is -0.458 e. The van der Waals surface area contributed by atoms with E-state index in [0.717, 1.165) is 101 Å². The van der Waals surface area contributed by atoms with Crippen molar-refractivity contribution < 1.29 is 9.47 Å². The van der Waals surface area contributed by atoms with Gasteiger partial charge in [-0.05, 0) is 83.7 Å². The molecule has 15 aromatic rings. The molecule has 17 rings (SSSR count). The predicted molar refractivity (Wildman–Crippen MR) is 301 cm³/mol. The van der Waals surface area contributed by atoms with Crippen LogP contribution in [-0.2, 0) is 0 Å². The predicted octanol–water partition coefficient (Wildman–Crippen LogP) is 14.8. The molecule has 338 valence electrons. The highest BCUT2D eigenvalue weighted by Crippen LogP contribution is 2.47. The number of para-hydroxylation sites is 8. The zero-order valence-corrected chi connectivity index (χ0v) is 39.2. The number of hydrogen-bond donors (Lipinski definition) is 0. The molecule has 6 heterocycles. The lowest BCUT2D eigenvalue weighted by molar-refractivity contribution is 0.463. The van der Waals surface area contributed by atoms with Gasteiger partial charge in [0.2, 0.25) is 0 Å². The molecule has 0 atom stereocenters. The van der Waals surface area contributed by atoms with E-state index >= 15 is 0 Å². The Hall–Kier alpha value is -9.72. The Morgan fingerprint density at radius 2 is 0.753 bits per heavy atom. The fourth-order valence-corrected chi connectivity index (χ4v) is 13.0. The van der Waals surface area contributed by atoms with Crippen LogP contribution in [0.25, 0.3) is 110 Å². The lowest BCUT2D eigenvalue weighted by Gasteiger charge is -2.34. The summed E-state index contributed by atoms with van der Waals surface area (Å²) in [6.07, 6.45) is 0. The zero-order chi connectivity index (χ0) is 47.5. The van der Waals surface area contributed by atoms with Crippen LogP contribution in [0.15, 0.2) is 237 Å². The molecule has 0 aliphatic carbocycles. The SMILES string of the molecule is c1ccc(-n2c3ccccc3c3c2ccc2c4ccccc4n(-c4cc5c6c(c4)Oc4c(cccc4-n4c7ccccc7c7ccc8c(c9ccccc9n8-c8ccccc8)c74)B6c4ccccc4O5)c23)cc1. The normalized spacial score (nSPS) is 12.8. The van der Waals surface area contributed by atoms with E-state index in [4.69, 9.17) is 9.47 Å². The number of aromatic nitrogens is 4. The van der Waals surface area contributed by atoms with Crippen LogP contribution in [0.1, 0.15) is 0 Å². The molecule has 0 bridgehead atoms. The van der Waals surface area contributed by atoms with Crippen molar-refractivity contribution in [3.8, 4) is 45.7 Å². The average Bonchev–Trinajstić information content (AvgIpc) is 4.20. The van der Waals surface area contributed by atoms with Gasteiger partial charge in [0, 0.05) is 72.1 Å². The van der Waals surface area contributed by atoms with E-state index < -0.39 is 0 Å². The average molecular weight is 931 g/mol. The monoisotopic (exact) mass is 930 g/mol. The summed E-state index contributed by atoms with van der Waals surface area (Å²) in [5.74, 6) is 3.26. The largest absolute Gasteiger partial charge is 0.458 e. The van der Waals surface area contributed by atoms with Gasteiger partial charge in [0.15, 0.2) is 0 Å². The number of rotatable bonds is 4. The van der Waals surface area contributed by atoms with E-state index in [1.165, 1.54) is 48.6 Å². The molecule has 0 unspecified atom stereocenters. The van der Waals surface area contributed by atoms with Gasteiger partial charge < -0.3 is 27.7 Å². The smallest absolute Gasteiger partial charge is 0.260 e. The number of ether oxygens (including phenoxy) is 2. The highest BCUT2D eigenvalue weighted by Gasteiger charge is 2.42. The first-order valence-electron chi connectivity index (χ1n) is 25.0. The Bertz CT molecular complexity index is 4870. The summed E-state index contributed by atoms with van der Waals surface area (Å²) in [5, 5.41) is 9.56. The van der Waals surface area contributed by atoms with E-state index in [0.29, 0.717) is 0 Å². The molecule has 0 radical (unpaired) electrons. The number of benzene rings is 11. The maximum Gasteiger partial charge on any atom is 0.260 e. The summed E-state index contributed by atoms with van der Waals surface area (Å²) in [6.45, 7) is -0.144. The molecule has 0 spiro atoms. The first kappa shape index (κ1) is 39.1. The Labute approximate surface area is 418 Å². The summed E-state index contributed by atoms with van der Waals surface area (Å²) in [4.78, 5) is 0. The number of hydrogen-bond acceptors (Lipinski definition) is 2. The Morgan fingerprint density at radius 1 is 0.288 bits per heavy atom. The topological polar surface area (TPSA) is 38.2 Å². The van der Waals surface area contributed by atoms with Gasteiger partial charge in [-0.25, -0.2) is 0 Å². The fourth-order valence-electron chi connectivity index (χ4n) is 13.0. The van der Waals surface area contributed by atoms with Gasteiger partial charge in [-0.15, -0.1) is 0 Å². The van der Waals surface area contributed by atoms with Crippen molar-refractivity contribution in [1.82, 2.24) is 18.3 Å². The molecule has 0 N–H and O–H groups in total. The molecule has 11 aromatic carbocycles. The van der Waals surface area contributed by atoms with E-state index in [2.05, 4.69) is 255 Å². The van der Waals surface area contributed by atoms with Crippen LogP contribution >= 0.6 is 0 Å². The summed E-state index contributed by atoms with van der Waals surface area (Å²) >= 11 is 0. The molecule has 0 saturated heterocycles. The number of nitrogens with zero attached hydrogens (tertiary/aromatic N) is 4. The van der Waals surface area contributed by atoms with E-state index in [9.17, 15) is 0 Å². The summed E-state index contributed by atoms with van der Waals surface area (Å²) in [5.41, 5.74) is 16.6. The van der Waals surface area contributed by atoms with Gasteiger partial charge in [-0.3, -0.25) is 0 Å². The first-order valence-corrected chi connectivity index (χ1v) is 25.0. The minimum absolute atomic E-state index is 0.144. The van der Waals surface area contributed by atoms with E-state index in [1.54, 1.807) is 0 Å². The summed E-state index contributed by atoms with van der Waals surface area (Å²) in [7, 11) is 0. The van der Waals surface area contributed by atoms with Gasteiger partial charge in [0.25, 0.3) is 6.71 Å². The molecule has 0 fully saturated rings. The van der Waals surface area contributed by atoms with Gasteiger partial charge >= 0.3 is 0 Å². The second-order valence-corrected chi connectivity index (χ2v) is 19.5.